The van der Waals surface area contributed by atoms with Crippen molar-refractivity contribution >= 4 is 33.8 Å². The maximum atomic E-state index is 14.1. The van der Waals surface area contributed by atoms with E-state index in [9.17, 15) is 14.7 Å². The number of hydrogen-bond acceptors (Lipinski definition) is 9. The van der Waals surface area contributed by atoms with Gasteiger partial charge in [-0.1, -0.05) is 6.07 Å². The third-order valence-corrected chi connectivity index (χ3v) is 7.80. The summed E-state index contributed by atoms with van der Waals surface area (Å²) in [5, 5.41) is 17.3. The van der Waals surface area contributed by atoms with Crippen molar-refractivity contribution in [1.29, 1.82) is 0 Å². The number of anilines is 1. The lowest BCUT2D eigenvalue weighted by Crippen LogP contribution is -2.48. The van der Waals surface area contributed by atoms with Gasteiger partial charge in [-0.15, -0.1) is 0 Å². The Hall–Kier alpha value is -4.26. The van der Waals surface area contributed by atoms with Gasteiger partial charge in [0.05, 0.1) is 17.4 Å². The van der Waals surface area contributed by atoms with Gasteiger partial charge in [-0.3, -0.25) is 14.5 Å². The molecule has 6 rings (SSSR count). The van der Waals surface area contributed by atoms with Crippen LogP contribution < -0.4 is 15.2 Å². The number of nitrogens with zero attached hydrogens (tertiary/aromatic N) is 8. The van der Waals surface area contributed by atoms with Gasteiger partial charge in [-0.25, -0.2) is 9.78 Å². The molecule has 1 atom stereocenters. The van der Waals surface area contributed by atoms with Crippen molar-refractivity contribution in [3.63, 3.8) is 0 Å². The molecule has 0 bridgehead atoms. The van der Waals surface area contributed by atoms with Gasteiger partial charge in [0.25, 0.3) is 5.56 Å². The molecule has 5 heterocycles. The Bertz CT molecular complexity index is 1620. The van der Waals surface area contributed by atoms with E-state index in [-0.39, 0.29) is 23.1 Å². The van der Waals surface area contributed by atoms with Gasteiger partial charge in [-0.05, 0) is 51.9 Å². The predicted octanol–water partition coefficient (Wildman–Crippen LogP) is 1.94. The largest absolute Gasteiger partial charge is 0.465 e. The van der Waals surface area contributed by atoms with Gasteiger partial charge >= 0.3 is 12.1 Å². The van der Waals surface area contributed by atoms with Gasteiger partial charge in [0, 0.05) is 37.6 Å². The van der Waals surface area contributed by atoms with Crippen molar-refractivity contribution in [2.24, 2.45) is 0 Å². The molecular formula is C26H31N9O4. The third-order valence-electron chi connectivity index (χ3n) is 7.80. The first kappa shape index (κ1) is 25.0. The molecule has 2 saturated heterocycles. The maximum Gasteiger partial charge on any atom is 0.407 e. The van der Waals surface area contributed by atoms with Crippen molar-refractivity contribution in [1.82, 2.24) is 39.5 Å². The molecule has 0 saturated carbocycles. The van der Waals surface area contributed by atoms with Gasteiger partial charge in [-0.2, -0.15) is 15.1 Å². The summed E-state index contributed by atoms with van der Waals surface area (Å²) in [5.41, 5.74) is 2.61. The molecule has 2 aliphatic heterocycles. The van der Waals surface area contributed by atoms with Crippen molar-refractivity contribution in [3.05, 3.63) is 40.1 Å². The topological polar surface area (TPSA) is 146 Å². The van der Waals surface area contributed by atoms with Crippen molar-refractivity contribution < 1.29 is 14.6 Å². The zero-order valence-electron chi connectivity index (χ0n) is 22.2. The number of aryl methyl sites for hydroxylation is 2. The minimum absolute atomic E-state index is 0.117. The minimum Gasteiger partial charge on any atom is -0.465 e. The highest BCUT2D eigenvalue weighted by Crippen LogP contribution is 2.28. The molecule has 4 aromatic rings. The number of ether oxygens (including phenoxy) is 1. The van der Waals surface area contributed by atoms with Gasteiger partial charge in [0.15, 0.2) is 11.3 Å². The molecule has 13 heteroatoms. The first-order valence-corrected chi connectivity index (χ1v) is 13.1. The maximum absolute atomic E-state index is 14.1. The lowest BCUT2D eigenvalue weighted by Gasteiger charge is -2.34. The van der Waals surface area contributed by atoms with E-state index in [2.05, 4.69) is 27.1 Å². The number of fused-ring (bicyclic) bond motifs is 2. The Morgan fingerprint density at radius 2 is 1.90 bits per heavy atom. The molecular weight excluding hydrogens is 502 g/mol. The number of likely N-dealkylation sites (tertiary alicyclic amines) is 1. The highest BCUT2D eigenvalue weighted by Gasteiger charge is 2.28. The monoisotopic (exact) mass is 533 g/mol. The van der Waals surface area contributed by atoms with Crippen molar-refractivity contribution in [3.8, 4) is 11.7 Å². The van der Waals surface area contributed by atoms with E-state index in [1.165, 1.54) is 4.90 Å². The molecule has 2 N–H and O–H groups in total. The summed E-state index contributed by atoms with van der Waals surface area (Å²) in [6, 6.07) is 4.23. The van der Waals surface area contributed by atoms with Crippen LogP contribution in [0, 0.1) is 13.8 Å². The number of aromatic amines is 1. The number of benzene rings is 1. The van der Waals surface area contributed by atoms with E-state index in [0.29, 0.717) is 55.6 Å². The molecule has 0 unspecified atom stereocenters. The molecule has 3 aromatic heterocycles. The molecule has 2 fully saturated rings. The van der Waals surface area contributed by atoms with Crippen LogP contribution in [0.2, 0.25) is 0 Å². The predicted molar refractivity (Wildman–Crippen MR) is 145 cm³/mol. The van der Waals surface area contributed by atoms with Gasteiger partial charge in [0.2, 0.25) is 0 Å². The molecule has 0 aliphatic carbocycles. The van der Waals surface area contributed by atoms with E-state index in [1.807, 2.05) is 24.0 Å². The SMILES string of the molecule is Cc1ccc2[nH]ncc2c1-n1c(C)nc2c(N3CCN(C(=O)O)CC3)nc(OC[C@@H]3CCCN3C)nc2c1=O. The summed E-state index contributed by atoms with van der Waals surface area (Å²) in [4.78, 5) is 45.3. The fourth-order valence-corrected chi connectivity index (χ4v) is 5.57. The average molecular weight is 534 g/mol. The lowest BCUT2D eigenvalue weighted by atomic mass is 10.1. The fraction of sp³-hybridized carbons (Fsp3) is 0.462. The molecule has 1 aromatic carbocycles. The Labute approximate surface area is 224 Å². The quantitative estimate of drug-likeness (QED) is 0.390. The number of carbonyl (C=O) groups is 1. The standard InChI is InChI=1S/C26H31N9O4/c1-15-6-7-19-18(13-27-31-19)22(15)35-16(2)28-20-21(24(35)36)29-25(39-14-17-5-4-8-32(17)3)30-23(20)33-9-11-34(12-10-33)26(37)38/h6-7,13,17H,4-5,8-12,14H2,1-3H3,(H,27,31)(H,37,38)/t17-/m0/s1. The molecule has 13 nitrogen and oxygen atoms in total. The number of H-pyrrole nitrogens is 1. The summed E-state index contributed by atoms with van der Waals surface area (Å²) < 4.78 is 7.66. The highest BCUT2D eigenvalue weighted by atomic mass is 16.5. The van der Waals surface area contributed by atoms with Crippen molar-refractivity contribution in [2.75, 3.05) is 51.3 Å². The molecule has 0 spiro atoms. The number of hydrogen-bond donors (Lipinski definition) is 2. The fourth-order valence-electron chi connectivity index (χ4n) is 5.57. The van der Waals surface area contributed by atoms with Gasteiger partial charge in [0.1, 0.15) is 17.9 Å². The van der Waals surface area contributed by atoms with Crippen LogP contribution in [0.15, 0.2) is 23.1 Å². The first-order chi connectivity index (χ1) is 18.8. The molecule has 0 radical (unpaired) electrons. The smallest absolute Gasteiger partial charge is 0.407 e. The Morgan fingerprint density at radius 3 is 2.62 bits per heavy atom. The number of amides is 1. The summed E-state index contributed by atoms with van der Waals surface area (Å²) in [6.45, 7) is 6.63. The molecule has 2 aliphatic rings. The summed E-state index contributed by atoms with van der Waals surface area (Å²) in [6.07, 6.45) is 2.88. The summed E-state index contributed by atoms with van der Waals surface area (Å²) in [7, 11) is 2.07. The normalized spacial score (nSPS) is 18.4. The highest BCUT2D eigenvalue weighted by molar-refractivity contribution is 5.90. The molecule has 1 amide bonds. The Balaban J connectivity index is 1.49. The van der Waals surface area contributed by atoms with E-state index < -0.39 is 6.09 Å². The van der Waals surface area contributed by atoms with Crippen LogP contribution in [0.5, 0.6) is 6.01 Å². The van der Waals surface area contributed by atoms with Crippen LogP contribution in [-0.4, -0.2) is 103 Å². The zero-order chi connectivity index (χ0) is 27.3. The van der Waals surface area contributed by atoms with E-state index >= 15 is 0 Å². The second-order valence-electron chi connectivity index (χ2n) is 10.2. The number of aromatic nitrogens is 6. The van der Waals surface area contributed by atoms with Crippen LogP contribution in [0.4, 0.5) is 10.6 Å². The van der Waals surface area contributed by atoms with Crippen molar-refractivity contribution in [2.45, 2.75) is 32.7 Å². The zero-order valence-corrected chi connectivity index (χ0v) is 22.2. The van der Waals surface area contributed by atoms with Crippen LogP contribution in [-0.2, 0) is 0 Å². The number of rotatable bonds is 5. The summed E-state index contributed by atoms with van der Waals surface area (Å²) >= 11 is 0. The first-order valence-electron chi connectivity index (χ1n) is 13.1. The van der Waals surface area contributed by atoms with Crippen LogP contribution in [0.25, 0.3) is 27.6 Å². The van der Waals surface area contributed by atoms with Crippen LogP contribution in [0.1, 0.15) is 24.2 Å². The Morgan fingerprint density at radius 1 is 1.10 bits per heavy atom. The number of piperazine rings is 1. The third kappa shape index (κ3) is 4.42. The number of carboxylic acid groups (broad SMARTS) is 1. The van der Waals surface area contributed by atoms with Gasteiger partial charge < -0.3 is 24.5 Å². The molecule has 204 valence electrons. The number of nitrogens with one attached hydrogen (secondary N) is 1. The number of likely N-dealkylation sites (N-methyl/N-ethyl adjacent to an activating group) is 1. The van der Waals surface area contributed by atoms with E-state index in [4.69, 9.17) is 14.7 Å². The van der Waals surface area contributed by atoms with E-state index in [0.717, 1.165) is 35.9 Å². The van der Waals surface area contributed by atoms with Crippen LogP contribution >= 0.6 is 0 Å². The second-order valence-corrected chi connectivity index (χ2v) is 10.2. The molecule has 39 heavy (non-hydrogen) atoms. The van der Waals surface area contributed by atoms with E-state index in [1.54, 1.807) is 17.7 Å². The Kier molecular flexibility index (Phi) is 6.29. The minimum atomic E-state index is -0.951. The van der Waals surface area contributed by atoms with Crippen LogP contribution in [0.3, 0.4) is 0 Å². The second kappa shape index (κ2) is 9.80. The lowest BCUT2D eigenvalue weighted by molar-refractivity contribution is 0.142. The summed E-state index contributed by atoms with van der Waals surface area (Å²) in [5.74, 6) is 0.963. The average Bonchev–Trinajstić information content (AvgIpc) is 3.57.